The molecular weight excluding hydrogens is 288 g/mol. The first-order valence-electron chi connectivity index (χ1n) is 8.05. The van der Waals surface area contributed by atoms with E-state index >= 15 is 0 Å². The van der Waals surface area contributed by atoms with E-state index in [9.17, 15) is 0 Å². The smallest absolute Gasteiger partial charge is 0.151 e. The molecular formula is C17H24N6. The average Bonchev–Trinajstić information content (AvgIpc) is 2.47. The predicted octanol–water partition coefficient (Wildman–Crippen LogP) is 2.42. The van der Waals surface area contributed by atoms with Gasteiger partial charge in [0.2, 0.25) is 0 Å². The van der Waals surface area contributed by atoms with Gasteiger partial charge in [-0.1, -0.05) is 20.8 Å². The quantitative estimate of drug-likeness (QED) is 0.935. The van der Waals surface area contributed by atoms with Crippen LogP contribution in [0.2, 0.25) is 0 Å². The first-order chi connectivity index (χ1) is 10.9. The van der Waals surface area contributed by atoms with Crippen molar-refractivity contribution in [3.8, 4) is 0 Å². The van der Waals surface area contributed by atoms with E-state index in [1.54, 1.807) is 0 Å². The maximum Gasteiger partial charge on any atom is 0.151 e. The SMILES string of the molecule is Cc1ccc(N2CC(CNc3ccc(C(C)(C)C)nn3)C2)nn1. The fourth-order valence-corrected chi connectivity index (χ4v) is 2.52. The van der Waals surface area contributed by atoms with Gasteiger partial charge in [-0.2, -0.15) is 10.2 Å². The van der Waals surface area contributed by atoms with Gasteiger partial charge in [-0.15, -0.1) is 10.2 Å². The van der Waals surface area contributed by atoms with Crippen LogP contribution in [0, 0.1) is 12.8 Å². The molecule has 6 heteroatoms. The van der Waals surface area contributed by atoms with Crippen molar-refractivity contribution >= 4 is 11.6 Å². The van der Waals surface area contributed by atoms with Crippen molar-refractivity contribution in [2.75, 3.05) is 29.9 Å². The third kappa shape index (κ3) is 3.75. The fraction of sp³-hybridized carbons (Fsp3) is 0.529. The molecule has 0 atom stereocenters. The van der Waals surface area contributed by atoms with Crippen LogP contribution in [-0.2, 0) is 5.41 Å². The Morgan fingerprint density at radius 2 is 1.83 bits per heavy atom. The van der Waals surface area contributed by atoms with Crippen LogP contribution in [-0.4, -0.2) is 40.0 Å². The summed E-state index contributed by atoms with van der Waals surface area (Å²) in [6.07, 6.45) is 0. The molecule has 0 aromatic carbocycles. The van der Waals surface area contributed by atoms with E-state index in [-0.39, 0.29) is 5.41 Å². The van der Waals surface area contributed by atoms with Crippen molar-refractivity contribution in [3.05, 3.63) is 35.7 Å². The van der Waals surface area contributed by atoms with Gasteiger partial charge < -0.3 is 10.2 Å². The van der Waals surface area contributed by atoms with Crippen LogP contribution in [0.3, 0.4) is 0 Å². The van der Waals surface area contributed by atoms with Gasteiger partial charge in [-0.3, -0.25) is 0 Å². The molecule has 122 valence electrons. The maximum atomic E-state index is 4.30. The Balaban J connectivity index is 1.46. The lowest BCUT2D eigenvalue weighted by molar-refractivity contribution is 0.425. The second-order valence-corrected chi connectivity index (χ2v) is 7.24. The van der Waals surface area contributed by atoms with E-state index in [2.05, 4.69) is 51.4 Å². The summed E-state index contributed by atoms with van der Waals surface area (Å²) in [4.78, 5) is 2.24. The van der Waals surface area contributed by atoms with Crippen LogP contribution in [0.4, 0.5) is 11.6 Å². The molecule has 0 bridgehead atoms. The molecule has 1 fully saturated rings. The van der Waals surface area contributed by atoms with Gasteiger partial charge in [0.25, 0.3) is 0 Å². The van der Waals surface area contributed by atoms with Crippen LogP contribution >= 0.6 is 0 Å². The van der Waals surface area contributed by atoms with Crippen LogP contribution in [0.1, 0.15) is 32.2 Å². The normalized spacial score (nSPS) is 15.4. The van der Waals surface area contributed by atoms with Gasteiger partial charge in [0, 0.05) is 31.0 Å². The molecule has 1 N–H and O–H groups in total. The predicted molar refractivity (Wildman–Crippen MR) is 91.7 cm³/mol. The zero-order valence-corrected chi connectivity index (χ0v) is 14.2. The molecule has 1 aliphatic rings. The minimum atomic E-state index is 0.0368. The number of hydrogen-bond donors (Lipinski definition) is 1. The summed E-state index contributed by atoms with van der Waals surface area (Å²) in [6.45, 7) is 11.3. The Labute approximate surface area is 137 Å². The Hall–Kier alpha value is -2.24. The number of hydrogen-bond acceptors (Lipinski definition) is 6. The Morgan fingerprint density at radius 3 is 2.39 bits per heavy atom. The number of aromatic nitrogens is 4. The first-order valence-corrected chi connectivity index (χ1v) is 8.05. The molecule has 0 unspecified atom stereocenters. The average molecular weight is 312 g/mol. The van der Waals surface area contributed by atoms with Crippen molar-refractivity contribution in [3.63, 3.8) is 0 Å². The van der Waals surface area contributed by atoms with Crippen LogP contribution in [0.15, 0.2) is 24.3 Å². The topological polar surface area (TPSA) is 66.8 Å². The van der Waals surface area contributed by atoms with E-state index in [0.29, 0.717) is 5.92 Å². The van der Waals surface area contributed by atoms with Gasteiger partial charge in [-0.25, -0.2) is 0 Å². The lowest BCUT2D eigenvalue weighted by Crippen LogP contribution is -2.50. The van der Waals surface area contributed by atoms with Crippen LogP contribution in [0.5, 0.6) is 0 Å². The summed E-state index contributed by atoms with van der Waals surface area (Å²) in [5.74, 6) is 2.40. The molecule has 0 aliphatic carbocycles. The monoisotopic (exact) mass is 312 g/mol. The molecule has 3 rings (SSSR count). The van der Waals surface area contributed by atoms with Crippen LogP contribution in [0.25, 0.3) is 0 Å². The van der Waals surface area contributed by atoms with Crippen molar-refractivity contribution in [1.29, 1.82) is 0 Å². The van der Waals surface area contributed by atoms with Crippen molar-refractivity contribution in [1.82, 2.24) is 20.4 Å². The molecule has 0 saturated carbocycles. The van der Waals surface area contributed by atoms with Gasteiger partial charge in [0.15, 0.2) is 5.82 Å². The zero-order chi connectivity index (χ0) is 16.4. The second kappa shape index (κ2) is 6.10. The third-order valence-electron chi connectivity index (χ3n) is 4.07. The van der Waals surface area contributed by atoms with Gasteiger partial charge >= 0.3 is 0 Å². The maximum absolute atomic E-state index is 4.30. The van der Waals surface area contributed by atoms with E-state index in [0.717, 1.165) is 42.7 Å². The molecule has 6 nitrogen and oxygen atoms in total. The van der Waals surface area contributed by atoms with Gasteiger partial charge in [-0.05, 0) is 31.2 Å². The number of rotatable bonds is 4. The molecule has 0 amide bonds. The van der Waals surface area contributed by atoms with Gasteiger partial charge in [0.05, 0.1) is 11.4 Å². The highest BCUT2D eigenvalue weighted by atomic mass is 15.3. The highest BCUT2D eigenvalue weighted by Crippen LogP contribution is 2.23. The van der Waals surface area contributed by atoms with Crippen molar-refractivity contribution in [2.24, 2.45) is 5.92 Å². The Morgan fingerprint density at radius 1 is 1.04 bits per heavy atom. The number of anilines is 2. The Bertz CT molecular complexity index is 638. The minimum absolute atomic E-state index is 0.0368. The van der Waals surface area contributed by atoms with E-state index in [4.69, 9.17) is 0 Å². The van der Waals surface area contributed by atoms with Crippen molar-refractivity contribution in [2.45, 2.75) is 33.1 Å². The number of aryl methyl sites for hydroxylation is 1. The standard InChI is InChI=1S/C17H24N6/c1-12-5-8-16(22-19-12)23-10-13(11-23)9-18-15-7-6-14(20-21-15)17(2,3)4/h5-8,13H,9-11H2,1-4H3,(H,18,21). The minimum Gasteiger partial charge on any atom is -0.368 e. The van der Waals surface area contributed by atoms with E-state index in [1.165, 1.54) is 0 Å². The lowest BCUT2D eigenvalue weighted by atomic mass is 9.92. The summed E-state index contributed by atoms with van der Waals surface area (Å²) in [6, 6.07) is 8.09. The highest BCUT2D eigenvalue weighted by Gasteiger charge is 2.27. The molecule has 0 spiro atoms. The molecule has 0 radical (unpaired) electrons. The largest absolute Gasteiger partial charge is 0.368 e. The zero-order valence-electron chi connectivity index (χ0n) is 14.2. The highest BCUT2D eigenvalue weighted by molar-refractivity contribution is 5.41. The second-order valence-electron chi connectivity index (χ2n) is 7.24. The molecule has 23 heavy (non-hydrogen) atoms. The molecule has 3 heterocycles. The number of nitrogens with one attached hydrogen (secondary N) is 1. The third-order valence-corrected chi connectivity index (χ3v) is 4.07. The molecule has 1 saturated heterocycles. The fourth-order valence-electron chi connectivity index (χ4n) is 2.52. The number of nitrogens with zero attached hydrogens (tertiary/aromatic N) is 5. The molecule has 2 aromatic rings. The lowest BCUT2D eigenvalue weighted by Gasteiger charge is -2.40. The summed E-state index contributed by atoms with van der Waals surface area (Å²) in [7, 11) is 0. The van der Waals surface area contributed by atoms with Crippen molar-refractivity contribution < 1.29 is 0 Å². The van der Waals surface area contributed by atoms with E-state index in [1.807, 2.05) is 31.2 Å². The Kier molecular flexibility index (Phi) is 4.15. The molecule has 1 aliphatic heterocycles. The van der Waals surface area contributed by atoms with Crippen LogP contribution < -0.4 is 10.2 Å². The van der Waals surface area contributed by atoms with E-state index < -0.39 is 0 Å². The van der Waals surface area contributed by atoms with Gasteiger partial charge in [0.1, 0.15) is 5.82 Å². The summed E-state index contributed by atoms with van der Waals surface area (Å²) >= 11 is 0. The first kappa shape index (κ1) is 15.6. The summed E-state index contributed by atoms with van der Waals surface area (Å²) in [5.41, 5.74) is 2.00. The summed E-state index contributed by atoms with van der Waals surface area (Å²) in [5, 5.41) is 20.3. The molecule has 2 aromatic heterocycles. The summed E-state index contributed by atoms with van der Waals surface area (Å²) < 4.78 is 0.